The van der Waals surface area contributed by atoms with Gasteiger partial charge >= 0.3 is 0 Å². The van der Waals surface area contributed by atoms with Crippen molar-refractivity contribution in [1.82, 2.24) is 5.32 Å². The van der Waals surface area contributed by atoms with Gasteiger partial charge in [-0.15, -0.1) is 0 Å². The van der Waals surface area contributed by atoms with Gasteiger partial charge in [0.2, 0.25) is 0 Å². The number of allylic oxidation sites excluding steroid dienone is 2. The molecule has 0 spiro atoms. The molecule has 1 N–H and O–H groups in total. The molecule has 0 amide bonds. The molecule has 1 rings (SSSR count). The van der Waals surface area contributed by atoms with Crippen LogP contribution in [0.2, 0.25) is 0 Å². The van der Waals surface area contributed by atoms with Crippen LogP contribution in [-0.4, -0.2) is 12.8 Å². The van der Waals surface area contributed by atoms with Crippen LogP contribution in [0.5, 0.6) is 0 Å². The number of Topliss-reactive ketones (excluding diaryl/α,β-unsaturated/α-hetero) is 1. The molecule has 2 heteroatoms. The summed E-state index contributed by atoms with van der Waals surface area (Å²) in [5, 5.41) is 3.22. The normalized spacial score (nSPS) is 16.5. The van der Waals surface area contributed by atoms with Gasteiger partial charge in [0.15, 0.2) is 5.78 Å². The maximum atomic E-state index is 12.0. The Labute approximate surface area is 107 Å². The molecule has 0 radical (unpaired) electrons. The van der Waals surface area contributed by atoms with Crippen LogP contribution < -0.4 is 5.32 Å². The molecule has 0 aliphatic heterocycles. The number of hydrogen-bond acceptors (Lipinski definition) is 2. The molecule has 0 saturated heterocycles. The van der Waals surface area contributed by atoms with Crippen molar-refractivity contribution in [3.8, 4) is 0 Å². The smallest absolute Gasteiger partial charge is 0.161 e. The van der Waals surface area contributed by atoms with E-state index in [1.54, 1.807) is 0 Å². The van der Waals surface area contributed by atoms with E-state index in [9.17, 15) is 4.79 Å². The van der Waals surface area contributed by atoms with E-state index in [1.807, 2.05) is 20.9 Å². The fraction of sp³-hybridized carbons (Fsp3) is 0.800. The molecule has 2 nitrogen and oxygen atoms in total. The Morgan fingerprint density at radius 2 is 1.71 bits per heavy atom. The first-order valence-corrected chi connectivity index (χ1v) is 7.03. The number of ketones is 1. The van der Waals surface area contributed by atoms with Crippen LogP contribution in [0.3, 0.4) is 0 Å². The van der Waals surface area contributed by atoms with Gasteiger partial charge in [0.1, 0.15) is 0 Å². The molecular formula is C15H29NO. The van der Waals surface area contributed by atoms with Crippen molar-refractivity contribution in [2.75, 3.05) is 7.05 Å². The molecule has 0 unspecified atom stereocenters. The van der Waals surface area contributed by atoms with Crippen molar-refractivity contribution in [2.45, 2.75) is 66.7 Å². The molecule has 0 fully saturated rings. The third-order valence-electron chi connectivity index (χ3n) is 3.88. The van der Waals surface area contributed by atoms with E-state index in [-0.39, 0.29) is 5.41 Å². The first kappa shape index (κ1) is 16.2. The minimum atomic E-state index is 0.0653. The van der Waals surface area contributed by atoms with E-state index in [2.05, 4.69) is 26.1 Å². The molecule has 17 heavy (non-hydrogen) atoms. The number of rotatable bonds is 4. The highest BCUT2D eigenvalue weighted by Crippen LogP contribution is 2.39. The summed E-state index contributed by atoms with van der Waals surface area (Å²) in [4.78, 5) is 12.0. The second-order valence-electron chi connectivity index (χ2n) is 4.65. The van der Waals surface area contributed by atoms with Crippen LogP contribution in [0, 0.1) is 5.41 Å². The Morgan fingerprint density at radius 3 is 2.12 bits per heavy atom. The first-order valence-electron chi connectivity index (χ1n) is 7.03. The third-order valence-corrected chi connectivity index (χ3v) is 3.88. The van der Waals surface area contributed by atoms with Crippen molar-refractivity contribution in [1.29, 1.82) is 0 Å². The van der Waals surface area contributed by atoms with E-state index < -0.39 is 0 Å². The Balaban J connectivity index is 0.00000121. The standard InChI is InChI=1S/C13H23NO.C2H6/c1-5-13(3,6-2)12-10(14-4)8-7-9-11(12)15;1-2/h14H,5-9H2,1-4H3;1-2H3. The summed E-state index contributed by atoms with van der Waals surface area (Å²) in [6.07, 6.45) is 4.84. The molecule has 0 atom stereocenters. The summed E-state index contributed by atoms with van der Waals surface area (Å²) in [6.45, 7) is 10.6. The lowest BCUT2D eigenvalue weighted by Gasteiger charge is -2.34. The number of hydrogen-bond donors (Lipinski definition) is 1. The summed E-state index contributed by atoms with van der Waals surface area (Å²) >= 11 is 0. The number of nitrogens with one attached hydrogen (secondary N) is 1. The topological polar surface area (TPSA) is 29.1 Å². The van der Waals surface area contributed by atoms with Gasteiger partial charge in [0.05, 0.1) is 0 Å². The van der Waals surface area contributed by atoms with Crippen LogP contribution in [0.1, 0.15) is 66.7 Å². The van der Waals surface area contributed by atoms with Crippen molar-refractivity contribution in [2.24, 2.45) is 5.41 Å². The van der Waals surface area contributed by atoms with Gasteiger partial charge < -0.3 is 5.32 Å². The summed E-state index contributed by atoms with van der Waals surface area (Å²) in [5.74, 6) is 0.358. The van der Waals surface area contributed by atoms with Gasteiger partial charge in [-0.2, -0.15) is 0 Å². The lowest BCUT2D eigenvalue weighted by Crippen LogP contribution is -2.30. The van der Waals surface area contributed by atoms with Crippen LogP contribution >= 0.6 is 0 Å². The zero-order chi connectivity index (χ0) is 13.5. The zero-order valence-corrected chi connectivity index (χ0v) is 12.4. The molecule has 1 aliphatic carbocycles. The predicted molar refractivity (Wildman–Crippen MR) is 75.0 cm³/mol. The Kier molecular flexibility index (Phi) is 7.17. The molecule has 1 aliphatic rings. The third kappa shape index (κ3) is 3.58. The lowest BCUT2D eigenvalue weighted by atomic mass is 9.71. The van der Waals surface area contributed by atoms with Crippen molar-refractivity contribution >= 4 is 5.78 Å². The van der Waals surface area contributed by atoms with Crippen LogP contribution in [0.25, 0.3) is 0 Å². The van der Waals surface area contributed by atoms with Gasteiger partial charge in [-0.3, -0.25) is 4.79 Å². The zero-order valence-electron chi connectivity index (χ0n) is 12.4. The van der Waals surface area contributed by atoms with Gasteiger partial charge in [0.25, 0.3) is 0 Å². The average Bonchev–Trinajstić information content (AvgIpc) is 2.39. The molecule has 0 bridgehead atoms. The van der Waals surface area contributed by atoms with Gasteiger partial charge in [-0.05, 0) is 31.1 Å². The fourth-order valence-corrected chi connectivity index (χ4v) is 2.40. The molecule has 0 heterocycles. The van der Waals surface area contributed by atoms with Gasteiger partial charge in [-0.1, -0.05) is 34.6 Å². The molecule has 100 valence electrons. The van der Waals surface area contributed by atoms with Crippen molar-refractivity contribution in [3.05, 3.63) is 11.3 Å². The minimum Gasteiger partial charge on any atom is -0.391 e. The average molecular weight is 239 g/mol. The number of carbonyl (C=O) groups is 1. The van der Waals surface area contributed by atoms with E-state index in [1.165, 1.54) is 5.70 Å². The van der Waals surface area contributed by atoms with Crippen molar-refractivity contribution in [3.63, 3.8) is 0 Å². The Hall–Kier alpha value is -0.790. The first-order chi connectivity index (χ1) is 8.09. The quantitative estimate of drug-likeness (QED) is 0.801. The predicted octanol–water partition coefficient (Wildman–Crippen LogP) is 4.07. The number of carbonyl (C=O) groups excluding carboxylic acids is 1. The second kappa shape index (κ2) is 7.52. The van der Waals surface area contributed by atoms with E-state index in [4.69, 9.17) is 0 Å². The molecule has 0 aromatic rings. The second-order valence-corrected chi connectivity index (χ2v) is 4.65. The Bertz CT molecular complexity index is 275. The van der Waals surface area contributed by atoms with Gasteiger partial charge in [0, 0.05) is 24.7 Å². The fourth-order valence-electron chi connectivity index (χ4n) is 2.40. The van der Waals surface area contributed by atoms with Crippen LogP contribution in [0.4, 0.5) is 0 Å². The minimum absolute atomic E-state index is 0.0653. The molecule has 0 aromatic heterocycles. The summed E-state index contributed by atoms with van der Waals surface area (Å²) in [7, 11) is 1.93. The summed E-state index contributed by atoms with van der Waals surface area (Å²) in [6, 6.07) is 0. The Morgan fingerprint density at radius 1 is 1.18 bits per heavy atom. The molecule has 0 saturated carbocycles. The van der Waals surface area contributed by atoms with E-state index >= 15 is 0 Å². The highest BCUT2D eigenvalue weighted by atomic mass is 16.1. The maximum Gasteiger partial charge on any atom is 0.161 e. The summed E-state index contributed by atoms with van der Waals surface area (Å²) in [5.41, 5.74) is 2.31. The monoisotopic (exact) mass is 239 g/mol. The summed E-state index contributed by atoms with van der Waals surface area (Å²) < 4.78 is 0. The SMILES string of the molecule is CC.CCC(C)(CC)C1=C(NC)CCCC1=O. The largest absolute Gasteiger partial charge is 0.391 e. The lowest BCUT2D eigenvalue weighted by molar-refractivity contribution is -0.117. The highest BCUT2D eigenvalue weighted by Gasteiger charge is 2.34. The van der Waals surface area contributed by atoms with E-state index in [0.29, 0.717) is 5.78 Å². The highest BCUT2D eigenvalue weighted by molar-refractivity contribution is 5.98. The van der Waals surface area contributed by atoms with Crippen molar-refractivity contribution < 1.29 is 4.79 Å². The van der Waals surface area contributed by atoms with E-state index in [0.717, 1.165) is 37.7 Å². The molecular weight excluding hydrogens is 210 g/mol. The van der Waals surface area contributed by atoms with Crippen LogP contribution in [-0.2, 0) is 4.79 Å². The van der Waals surface area contributed by atoms with Crippen LogP contribution in [0.15, 0.2) is 11.3 Å². The van der Waals surface area contributed by atoms with Gasteiger partial charge in [-0.25, -0.2) is 0 Å². The maximum absolute atomic E-state index is 12.0. The molecule has 0 aromatic carbocycles.